The molecule has 0 spiro atoms. The van der Waals surface area contributed by atoms with Crippen LogP contribution in [0.1, 0.15) is 24.2 Å². The average molecular weight is 358 g/mol. The molecule has 3 amide bonds. The zero-order chi connectivity index (χ0) is 18.2. The maximum atomic E-state index is 12.5. The molecule has 0 bridgehead atoms. The first kappa shape index (κ1) is 18.3. The highest BCUT2D eigenvalue weighted by Crippen LogP contribution is 2.30. The van der Waals surface area contributed by atoms with Crippen LogP contribution in [-0.2, 0) is 4.79 Å². The van der Waals surface area contributed by atoms with E-state index in [2.05, 4.69) is 10.6 Å². The van der Waals surface area contributed by atoms with Crippen molar-refractivity contribution in [3.8, 4) is 11.8 Å². The van der Waals surface area contributed by atoms with Crippen molar-refractivity contribution in [3.63, 3.8) is 0 Å². The number of carbonyl (C=O) groups excluding carboxylic acids is 2. The van der Waals surface area contributed by atoms with Gasteiger partial charge >= 0.3 is 6.03 Å². The first-order chi connectivity index (χ1) is 12.0. The second-order valence-electron chi connectivity index (χ2n) is 5.01. The van der Waals surface area contributed by atoms with Gasteiger partial charge in [-0.05, 0) is 25.1 Å². The summed E-state index contributed by atoms with van der Waals surface area (Å²) < 4.78 is 5.74. The Morgan fingerprint density at radius 1 is 1.24 bits per heavy atom. The summed E-state index contributed by atoms with van der Waals surface area (Å²) in [6.07, 6.45) is -1.07. The molecule has 0 aliphatic rings. The van der Waals surface area contributed by atoms with E-state index < -0.39 is 18.0 Å². The number of carbonyl (C=O) groups is 2. The third kappa shape index (κ3) is 4.96. The number of benzene rings is 2. The Balaban J connectivity index is 2.28. The fourth-order valence-electron chi connectivity index (χ4n) is 2.08. The molecule has 25 heavy (non-hydrogen) atoms. The van der Waals surface area contributed by atoms with Crippen LogP contribution in [0, 0.1) is 11.3 Å². The van der Waals surface area contributed by atoms with Gasteiger partial charge in [0.05, 0.1) is 16.7 Å². The van der Waals surface area contributed by atoms with Crippen molar-refractivity contribution in [2.75, 3.05) is 6.54 Å². The van der Waals surface area contributed by atoms with Crippen molar-refractivity contribution in [2.24, 2.45) is 0 Å². The standard InChI is InChI=1S/C18H16ClN3O3/c1-2-21-18(24)22-17(23)16(13-6-4-3-5-7-13)25-15-9-8-12(11-20)10-14(15)19/h3-10,16H,2H2,1H3,(H2,21,22,23,24)/t16-/m0/s1. The van der Waals surface area contributed by atoms with E-state index in [1.807, 2.05) is 6.07 Å². The highest BCUT2D eigenvalue weighted by atomic mass is 35.5. The molecule has 7 heteroatoms. The van der Waals surface area contributed by atoms with E-state index in [1.54, 1.807) is 37.3 Å². The lowest BCUT2D eigenvalue weighted by molar-refractivity contribution is -0.127. The fourth-order valence-corrected chi connectivity index (χ4v) is 2.30. The average Bonchev–Trinajstić information content (AvgIpc) is 2.61. The third-order valence-electron chi connectivity index (χ3n) is 3.22. The Morgan fingerprint density at radius 2 is 1.96 bits per heavy atom. The minimum absolute atomic E-state index is 0.200. The quantitative estimate of drug-likeness (QED) is 0.859. The van der Waals surface area contributed by atoms with Crippen LogP contribution in [0.15, 0.2) is 48.5 Å². The van der Waals surface area contributed by atoms with E-state index in [9.17, 15) is 9.59 Å². The zero-order valence-electron chi connectivity index (χ0n) is 13.5. The SMILES string of the molecule is CCNC(=O)NC(=O)[C@@H](Oc1ccc(C#N)cc1Cl)c1ccccc1. The predicted molar refractivity (Wildman–Crippen MR) is 93.2 cm³/mol. The van der Waals surface area contributed by atoms with Gasteiger partial charge in [-0.25, -0.2) is 4.79 Å². The molecule has 0 aliphatic heterocycles. The smallest absolute Gasteiger partial charge is 0.321 e. The summed E-state index contributed by atoms with van der Waals surface area (Å²) >= 11 is 6.11. The summed E-state index contributed by atoms with van der Waals surface area (Å²) in [7, 11) is 0. The van der Waals surface area contributed by atoms with Gasteiger partial charge in [0.15, 0.2) is 0 Å². The van der Waals surface area contributed by atoms with E-state index in [0.29, 0.717) is 17.7 Å². The van der Waals surface area contributed by atoms with Gasteiger partial charge in [0.25, 0.3) is 5.91 Å². The molecule has 0 fully saturated rings. The van der Waals surface area contributed by atoms with E-state index in [0.717, 1.165) is 0 Å². The van der Waals surface area contributed by atoms with Gasteiger partial charge < -0.3 is 10.1 Å². The predicted octanol–water partition coefficient (Wildman–Crippen LogP) is 3.18. The third-order valence-corrected chi connectivity index (χ3v) is 3.52. The van der Waals surface area contributed by atoms with Crippen LogP contribution in [-0.4, -0.2) is 18.5 Å². The van der Waals surface area contributed by atoms with Crippen molar-refractivity contribution >= 4 is 23.5 Å². The summed E-state index contributed by atoms with van der Waals surface area (Å²) in [5, 5.41) is 13.8. The normalized spacial score (nSPS) is 11.1. The second-order valence-corrected chi connectivity index (χ2v) is 5.42. The highest BCUT2D eigenvalue weighted by molar-refractivity contribution is 6.32. The van der Waals surface area contributed by atoms with Crippen LogP contribution >= 0.6 is 11.6 Å². The summed E-state index contributed by atoms with van der Waals surface area (Å²) in [5.41, 5.74) is 0.935. The number of nitrogens with one attached hydrogen (secondary N) is 2. The van der Waals surface area contributed by atoms with Crippen LogP contribution in [0.4, 0.5) is 4.79 Å². The molecule has 6 nitrogen and oxygen atoms in total. The van der Waals surface area contributed by atoms with E-state index in [-0.39, 0.29) is 10.8 Å². The summed E-state index contributed by atoms with van der Waals surface area (Å²) in [4.78, 5) is 24.1. The molecule has 2 aromatic carbocycles. The largest absolute Gasteiger partial charge is 0.474 e. The molecule has 1 atom stereocenters. The molecule has 0 aliphatic carbocycles. The second kappa shape index (κ2) is 8.71. The molecular weight excluding hydrogens is 342 g/mol. The molecule has 2 aromatic rings. The molecular formula is C18H16ClN3O3. The van der Waals surface area contributed by atoms with E-state index in [1.165, 1.54) is 18.2 Å². The molecule has 0 heterocycles. The van der Waals surface area contributed by atoms with Gasteiger partial charge in [-0.1, -0.05) is 41.9 Å². The Bertz CT molecular complexity index is 803. The highest BCUT2D eigenvalue weighted by Gasteiger charge is 2.25. The van der Waals surface area contributed by atoms with Crippen molar-refractivity contribution < 1.29 is 14.3 Å². The molecule has 0 radical (unpaired) electrons. The molecule has 2 N–H and O–H groups in total. The number of hydrogen-bond acceptors (Lipinski definition) is 4. The van der Waals surface area contributed by atoms with E-state index in [4.69, 9.17) is 21.6 Å². The number of rotatable bonds is 5. The molecule has 0 aromatic heterocycles. The van der Waals surface area contributed by atoms with Gasteiger partial charge in [-0.2, -0.15) is 5.26 Å². The Hall–Kier alpha value is -3.04. The maximum Gasteiger partial charge on any atom is 0.321 e. The number of hydrogen-bond donors (Lipinski definition) is 2. The molecule has 0 saturated carbocycles. The van der Waals surface area contributed by atoms with Crippen molar-refractivity contribution in [1.29, 1.82) is 5.26 Å². The number of halogens is 1. The minimum atomic E-state index is -1.07. The Labute approximate surface area is 150 Å². The zero-order valence-corrected chi connectivity index (χ0v) is 14.2. The fraction of sp³-hybridized carbons (Fsp3) is 0.167. The van der Waals surface area contributed by atoms with Crippen molar-refractivity contribution in [1.82, 2.24) is 10.6 Å². The monoisotopic (exact) mass is 357 g/mol. The summed E-state index contributed by atoms with van der Waals surface area (Å²) in [6.45, 7) is 2.13. The van der Waals surface area contributed by atoms with Crippen LogP contribution in [0.2, 0.25) is 5.02 Å². The van der Waals surface area contributed by atoms with Gasteiger partial charge in [0.2, 0.25) is 6.10 Å². The lowest BCUT2D eigenvalue weighted by Crippen LogP contribution is -2.42. The topological polar surface area (TPSA) is 91.2 Å². The lowest BCUT2D eigenvalue weighted by Gasteiger charge is -2.19. The molecule has 0 saturated heterocycles. The number of nitriles is 1. The number of amides is 3. The summed E-state index contributed by atoms with van der Waals surface area (Å²) in [5.74, 6) is -0.391. The molecule has 2 rings (SSSR count). The lowest BCUT2D eigenvalue weighted by atomic mass is 10.1. The first-order valence-corrected chi connectivity index (χ1v) is 7.93. The van der Waals surface area contributed by atoms with Gasteiger partial charge in [0.1, 0.15) is 5.75 Å². The minimum Gasteiger partial charge on any atom is -0.474 e. The van der Waals surface area contributed by atoms with Crippen LogP contribution in [0.5, 0.6) is 5.75 Å². The van der Waals surface area contributed by atoms with Gasteiger partial charge in [-0.3, -0.25) is 10.1 Å². The van der Waals surface area contributed by atoms with Crippen LogP contribution < -0.4 is 15.4 Å². The maximum absolute atomic E-state index is 12.5. The Morgan fingerprint density at radius 3 is 2.56 bits per heavy atom. The van der Waals surface area contributed by atoms with Crippen molar-refractivity contribution in [3.05, 3.63) is 64.7 Å². The molecule has 128 valence electrons. The van der Waals surface area contributed by atoms with E-state index >= 15 is 0 Å². The van der Waals surface area contributed by atoms with Gasteiger partial charge in [-0.15, -0.1) is 0 Å². The number of imide groups is 1. The molecule has 0 unspecified atom stereocenters. The number of urea groups is 1. The van der Waals surface area contributed by atoms with Crippen LogP contribution in [0.25, 0.3) is 0 Å². The number of ether oxygens (including phenoxy) is 1. The van der Waals surface area contributed by atoms with Crippen molar-refractivity contribution in [2.45, 2.75) is 13.0 Å². The first-order valence-electron chi connectivity index (χ1n) is 7.55. The number of nitrogens with zero attached hydrogens (tertiary/aromatic N) is 1. The summed E-state index contributed by atoms with van der Waals surface area (Å²) in [6, 6.07) is 14.6. The van der Waals surface area contributed by atoms with Gasteiger partial charge in [0, 0.05) is 12.1 Å². The van der Waals surface area contributed by atoms with Crippen LogP contribution in [0.3, 0.4) is 0 Å². The Kier molecular flexibility index (Phi) is 6.38.